The van der Waals surface area contributed by atoms with Gasteiger partial charge in [-0.05, 0) is 43.2 Å². The fourth-order valence-electron chi connectivity index (χ4n) is 3.42. The second-order valence-electron chi connectivity index (χ2n) is 6.78. The van der Waals surface area contributed by atoms with Crippen molar-refractivity contribution in [3.63, 3.8) is 0 Å². The summed E-state index contributed by atoms with van der Waals surface area (Å²) in [6.45, 7) is 3.69. The Morgan fingerprint density at radius 2 is 1.93 bits per heavy atom. The van der Waals surface area contributed by atoms with Crippen molar-refractivity contribution >= 4 is 11.8 Å². The van der Waals surface area contributed by atoms with Crippen molar-refractivity contribution in [2.45, 2.75) is 38.6 Å². The van der Waals surface area contributed by atoms with E-state index in [1.54, 1.807) is 19.2 Å². The smallest absolute Gasteiger partial charge is 0.255 e. The molecule has 0 saturated carbocycles. The lowest BCUT2D eigenvalue weighted by Gasteiger charge is -2.30. The van der Waals surface area contributed by atoms with Crippen LogP contribution in [0.2, 0.25) is 0 Å². The predicted molar refractivity (Wildman–Crippen MR) is 101 cm³/mol. The highest BCUT2D eigenvalue weighted by Gasteiger charge is 2.39. The van der Waals surface area contributed by atoms with Crippen molar-refractivity contribution in [2.24, 2.45) is 0 Å². The highest BCUT2D eigenvalue weighted by molar-refractivity contribution is 6.01. The molecule has 3 rings (SSSR count). The molecule has 2 N–H and O–H groups in total. The predicted octanol–water partition coefficient (Wildman–Crippen LogP) is 2.28. The normalized spacial score (nSPS) is 16.4. The number of ether oxygens (including phenoxy) is 1. The molecule has 0 aromatic heterocycles. The summed E-state index contributed by atoms with van der Waals surface area (Å²) in [5, 5.41) is 13.1. The van der Waals surface area contributed by atoms with E-state index in [1.165, 1.54) is 11.8 Å². The van der Waals surface area contributed by atoms with Crippen molar-refractivity contribution in [2.75, 3.05) is 7.11 Å². The van der Waals surface area contributed by atoms with Gasteiger partial charge in [0.2, 0.25) is 5.91 Å². The van der Waals surface area contributed by atoms with Crippen LogP contribution in [0.4, 0.5) is 0 Å². The second kappa shape index (κ2) is 7.80. The zero-order valence-corrected chi connectivity index (χ0v) is 15.7. The molecule has 2 unspecified atom stereocenters. The molecule has 142 valence electrons. The molecular formula is C21H24N2O4. The number of methoxy groups -OCH3 is 1. The number of aliphatic hydroxyl groups excluding tert-OH is 1. The standard InChI is InChI=1S/C21H24N2O4/c1-13(15-8-6-9-17(11-15)27-3)22-20(25)19(14(2)24)23-12-16-7-4-5-10-18(16)21(23)26/h4-11,13-14,19,24H,12H2,1-3H3,(H,22,25)/t13-,14?,19?/m1/s1. The molecule has 2 aromatic rings. The number of carbonyl (C=O) groups is 2. The third-order valence-electron chi connectivity index (χ3n) is 4.86. The highest BCUT2D eigenvalue weighted by Crippen LogP contribution is 2.26. The fourth-order valence-corrected chi connectivity index (χ4v) is 3.42. The topological polar surface area (TPSA) is 78.9 Å². The number of hydrogen-bond donors (Lipinski definition) is 2. The first-order valence-corrected chi connectivity index (χ1v) is 8.93. The van der Waals surface area contributed by atoms with Gasteiger partial charge in [-0.3, -0.25) is 9.59 Å². The fraction of sp³-hybridized carbons (Fsp3) is 0.333. The lowest BCUT2D eigenvalue weighted by Crippen LogP contribution is -2.53. The minimum atomic E-state index is -0.999. The van der Waals surface area contributed by atoms with Gasteiger partial charge in [0.15, 0.2) is 0 Å². The minimum Gasteiger partial charge on any atom is -0.497 e. The Kier molecular flexibility index (Phi) is 5.46. The van der Waals surface area contributed by atoms with Crippen molar-refractivity contribution in [3.05, 3.63) is 65.2 Å². The summed E-state index contributed by atoms with van der Waals surface area (Å²) in [7, 11) is 1.59. The van der Waals surface area contributed by atoms with Gasteiger partial charge in [-0.15, -0.1) is 0 Å². The van der Waals surface area contributed by atoms with Crippen LogP contribution in [0.1, 0.15) is 41.4 Å². The number of aliphatic hydroxyl groups is 1. The van der Waals surface area contributed by atoms with E-state index >= 15 is 0 Å². The lowest BCUT2D eigenvalue weighted by atomic mass is 10.1. The van der Waals surface area contributed by atoms with Crippen LogP contribution in [0.5, 0.6) is 5.75 Å². The van der Waals surface area contributed by atoms with E-state index in [0.717, 1.165) is 11.1 Å². The Morgan fingerprint density at radius 1 is 1.19 bits per heavy atom. The first-order chi connectivity index (χ1) is 12.9. The molecule has 0 aliphatic carbocycles. The van der Waals surface area contributed by atoms with Crippen LogP contribution < -0.4 is 10.1 Å². The average Bonchev–Trinajstić information content (AvgIpc) is 2.98. The molecule has 3 atom stereocenters. The number of nitrogens with zero attached hydrogens (tertiary/aromatic N) is 1. The van der Waals surface area contributed by atoms with Crippen LogP contribution in [0.15, 0.2) is 48.5 Å². The number of fused-ring (bicyclic) bond motifs is 1. The summed E-state index contributed by atoms with van der Waals surface area (Å²) in [6, 6.07) is 13.4. The molecular weight excluding hydrogens is 344 g/mol. The molecule has 1 aliphatic rings. The summed E-state index contributed by atoms with van der Waals surface area (Å²) >= 11 is 0. The van der Waals surface area contributed by atoms with E-state index in [-0.39, 0.29) is 17.9 Å². The maximum absolute atomic E-state index is 12.9. The molecule has 6 nitrogen and oxygen atoms in total. The first kappa shape index (κ1) is 18.9. The second-order valence-corrected chi connectivity index (χ2v) is 6.78. The number of hydrogen-bond acceptors (Lipinski definition) is 4. The third kappa shape index (κ3) is 3.80. The van der Waals surface area contributed by atoms with E-state index < -0.39 is 12.1 Å². The molecule has 0 bridgehead atoms. The van der Waals surface area contributed by atoms with E-state index in [2.05, 4.69) is 5.32 Å². The van der Waals surface area contributed by atoms with Crippen LogP contribution in [0.3, 0.4) is 0 Å². The van der Waals surface area contributed by atoms with Gasteiger partial charge in [0, 0.05) is 12.1 Å². The molecule has 1 heterocycles. The van der Waals surface area contributed by atoms with Crippen molar-refractivity contribution < 1.29 is 19.4 Å². The summed E-state index contributed by atoms with van der Waals surface area (Å²) in [4.78, 5) is 27.0. The molecule has 27 heavy (non-hydrogen) atoms. The molecule has 1 aliphatic heterocycles. The van der Waals surface area contributed by atoms with E-state index in [9.17, 15) is 14.7 Å². The van der Waals surface area contributed by atoms with Gasteiger partial charge in [-0.25, -0.2) is 0 Å². The quantitative estimate of drug-likeness (QED) is 0.820. The van der Waals surface area contributed by atoms with Crippen molar-refractivity contribution in [1.82, 2.24) is 10.2 Å². The molecule has 2 amide bonds. The van der Waals surface area contributed by atoms with Gasteiger partial charge in [0.1, 0.15) is 11.8 Å². The Hall–Kier alpha value is -2.86. The summed E-state index contributed by atoms with van der Waals surface area (Å²) in [5.41, 5.74) is 2.32. The van der Waals surface area contributed by atoms with Crippen LogP contribution in [0.25, 0.3) is 0 Å². The summed E-state index contributed by atoms with van der Waals surface area (Å²) in [5.74, 6) is 0.0769. The molecule has 0 spiro atoms. The molecule has 0 saturated heterocycles. The minimum absolute atomic E-state index is 0.235. The van der Waals surface area contributed by atoms with Gasteiger partial charge in [-0.2, -0.15) is 0 Å². The lowest BCUT2D eigenvalue weighted by molar-refractivity contribution is -0.129. The maximum Gasteiger partial charge on any atom is 0.255 e. The Labute approximate surface area is 158 Å². The third-order valence-corrected chi connectivity index (χ3v) is 4.86. The number of nitrogens with one attached hydrogen (secondary N) is 1. The van der Waals surface area contributed by atoms with Crippen molar-refractivity contribution in [1.29, 1.82) is 0 Å². The van der Waals surface area contributed by atoms with Gasteiger partial charge < -0.3 is 20.1 Å². The SMILES string of the molecule is COc1cccc([C@@H](C)NC(=O)C(C(C)O)N2Cc3ccccc3C2=O)c1. The van der Waals surface area contributed by atoms with Gasteiger partial charge in [0.25, 0.3) is 5.91 Å². The van der Waals surface area contributed by atoms with Gasteiger partial charge in [0.05, 0.1) is 19.3 Å². The van der Waals surface area contributed by atoms with E-state index in [1.807, 2.05) is 43.3 Å². The summed E-state index contributed by atoms with van der Waals surface area (Å²) < 4.78 is 5.22. The molecule has 2 aromatic carbocycles. The van der Waals surface area contributed by atoms with E-state index in [0.29, 0.717) is 17.9 Å². The van der Waals surface area contributed by atoms with Crippen LogP contribution in [0, 0.1) is 0 Å². The largest absolute Gasteiger partial charge is 0.497 e. The number of amides is 2. The number of rotatable bonds is 6. The first-order valence-electron chi connectivity index (χ1n) is 8.93. The Balaban J connectivity index is 1.77. The molecule has 6 heteroatoms. The summed E-state index contributed by atoms with van der Waals surface area (Å²) in [6.07, 6.45) is -0.999. The maximum atomic E-state index is 12.9. The van der Waals surface area contributed by atoms with E-state index in [4.69, 9.17) is 4.74 Å². The van der Waals surface area contributed by atoms with Crippen LogP contribution in [-0.4, -0.2) is 41.1 Å². The molecule has 0 fully saturated rings. The van der Waals surface area contributed by atoms with Gasteiger partial charge >= 0.3 is 0 Å². The zero-order valence-electron chi connectivity index (χ0n) is 15.7. The highest BCUT2D eigenvalue weighted by atomic mass is 16.5. The van der Waals surface area contributed by atoms with Crippen LogP contribution >= 0.6 is 0 Å². The van der Waals surface area contributed by atoms with Gasteiger partial charge in [-0.1, -0.05) is 30.3 Å². The number of carbonyl (C=O) groups excluding carboxylic acids is 2. The monoisotopic (exact) mass is 368 g/mol. The Bertz CT molecular complexity index is 850. The van der Waals surface area contributed by atoms with Crippen LogP contribution in [-0.2, 0) is 11.3 Å². The molecule has 0 radical (unpaired) electrons. The Morgan fingerprint density at radius 3 is 2.59 bits per heavy atom. The van der Waals surface area contributed by atoms with Crippen molar-refractivity contribution in [3.8, 4) is 5.75 Å². The number of benzene rings is 2. The average molecular weight is 368 g/mol. The zero-order chi connectivity index (χ0) is 19.6.